The number of rotatable bonds is 2. The fourth-order valence-corrected chi connectivity index (χ4v) is 7.42. The average molecular weight is 515 g/mol. The Hall–Kier alpha value is -4.76. The van der Waals surface area contributed by atoms with Crippen LogP contribution in [0, 0.1) is 0 Å². The van der Waals surface area contributed by atoms with Gasteiger partial charge in [-0.2, -0.15) is 0 Å². The standard InChI is InChI=1S/C37H26N2O/c1-37(2)28-17-8-6-14-24(28)31-27-20-23(19-22-13-10-16-26(30(22)27)32(31)37)33-35-34(25-15-7-9-18-29(25)40-35)39-36(38-33)21-11-4-3-5-12-21/h3-18,20,23H,19H2,1-2H3. The predicted octanol–water partition coefficient (Wildman–Crippen LogP) is 8.98. The van der Waals surface area contributed by atoms with Gasteiger partial charge in [0.1, 0.15) is 11.1 Å². The van der Waals surface area contributed by atoms with Gasteiger partial charge in [-0.05, 0) is 63.1 Å². The molecule has 0 fully saturated rings. The molecular weight excluding hydrogens is 488 g/mol. The van der Waals surface area contributed by atoms with Gasteiger partial charge in [0.15, 0.2) is 11.4 Å². The van der Waals surface area contributed by atoms with Gasteiger partial charge in [0.25, 0.3) is 0 Å². The van der Waals surface area contributed by atoms with Crippen molar-refractivity contribution in [3.63, 3.8) is 0 Å². The van der Waals surface area contributed by atoms with Crippen molar-refractivity contribution in [3.8, 4) is 11.4 Å². The zero-order valence-electron chi connectivity index (χ0n) is 22.4. The molecule has 4 aromatic carbocycles. The van der Waals surface area contributed by atoms with Crippen LogP contribution in [0.1, 0.15) is 53.3 Å². The molecule has 6 aromatic rings. The van der Waals surface area contributed by atoms with Crippen molar-refractivity contribution in [2.75, 3.05) is 0 Å². The summed E-state index contributed by atoms with van der Waals surface area (Å²) in [7, 11) is 0. The Labute approximate surface area is 232 Å². The number of hydrogen-bond acceptors (Lipinski definition) is 3. The number of benzene rings is 4. The maximum atomic E-state index is 6.51. The van der Waals surface area contributed by atoms with E-state index in [4.69, 9.17) is 14.4 Å². The maximum Gasteiger partial charge on any atom is 0.176 e. The number of nitrogens with zero attached hydrogens (tertiary/aromatic N) is 2. The van der Waals surface area contributed by atoms with Gasteiger partial charge in [-0.3, -0.25) is 0 Å². The summed E-state index contributed by atoms with van der Waals surface area (Å²) >= 11 is 0. The van der Waals surface area contributed by atoms with Crippen LogP contribution >= 0.6 is 0 Å². The lowest BCUT2D eigenvalue weighted by Gasteiger charge is -2.27. The first kappa shape index (κ1) is 22.1. The van der Waals surface area contributed by atoms with Crippen LogP contribution in [0.25, 0.3) is 50.2 Å². The van der Waals surface area contributed by atoms with Crippen LogP contribution in [0.5, 0.6) is 0 Å². The largest absolute Gasteiger partial charge is 0.452 e. The van der Waals surface area contributed by atoms with Gasteiger partial charge in [-0.1, -0.05) is 105 Å². The fraction of sp³-hybridized carbons (Fsp3) is 0.135. The molecule has 0 radical (unpaired) electrons. The van der Waals surface area contributed by atoms with Crippen LogP contribution < -0.4 is 0 Å². The summed E-state index contributed by atoms with van der Waals surface area (Å²) in [4.78, 5) is 10.3. The number of aromatic nitrogens is 2. The van der Waals surface area contributed by atoms with Crippen LogP contribution in [0.3, 0.4) is 0 Å². The molecule has 2 heterocycles. The Morgan fingerprint density at radius 1 is 0.775 bits per heavy atom. The minimum atomic E-state index is -0.0455. The molecule has 40 heavy (non-hydrogen) atoms. The molecular formula is C37H26N2O. The molecule has 3 nitrogen and oxygen atoms in total. The van der Waals surface area contributed by atoms with Gasteiger partial charge in [-0.15, -0.1) is 0 Å². The van der Waals surface area contributed by atoms with Crippen LogP contribution in [0.15, 0.2) is 108 Å². The van der Waals surface area contributed by atoms with Gasteiger partial charge in [0.2, 0.25) is 0 Å². The lowest BCUT2D eigenvalue weighted by molar-refractivity contribution is 0.648. The summed E-state index contributed by atoms with van der Waals surface area (Å²) in [5.74, 6) is 0.806. The third kappa shape index (κ3) is 2.79. The minimum absolute atomic E-state index is 0.0455. The van der Waals surface area contributed by atoms with E-state index in [2.05, 4.69) is 80.6 Å². The summed E-state index contributed by atoms with van der Waals surface area (Å²) in [6.45, 7) is 4.74. The second-order valence-corrected chi connectivity index (χ2v) is 11.7. The molecule has 0 aliphatic heterocycles. The number of hydrogen-bond donors (Lipinski definition) is 0. The Morgan fingerprint density at radius 2 is 1.55 bits per heavy atom. The molecule has 3 aliphatic rings. The van der Waals surface area contributed by atoms with Crippen molar-refractivity contribution in [3.05, 3.63) is 137 Å². The summed E-state index contributed by atoms with van der Waals surface area (Å²) in [5, 5.41) is 1.03. The van der Waals surface area contributed by atoms with E-state index >= 15 is 0 Å². The molecule has 1 atom stereocenters. The highest BCUT2D eigenvalue weighted by Gasteiger charge is 2.46. The van der Waals surface area contributed by atoms with Crippen molar-refractivity contribution < 1.29 is 4.42 Å². The summed E-state index contributed by atoms with van der Waals surface area (Å²) in [6.07, 6.45) is 3.35. The smallest absolute Gasteiger partial charge is 0.176 e. The topological polar surface area (TPSA) is 38.9 Å². The molecule has 0 saturated heterocycles. The first-order chi connectivity index (χ1) is 19.6. The minimum Gasteiger partial charge on any atom is -0.452 e. The first-order valence-electron chi connectivity index (χ1n) is 14.0. The lowest BCUT2D eigenvalue weighted by atomic mass is 9.76. The van der Waals surface area contributed by atoms with Crippen molar-refractivity contribution in [2.24, 2.45) is 0 Å². The second kappa shape index (κ2) is 7.67. The number of furan rings is 1. The molecule has 1 unspecified atom stereocenters. The van der Waals surface area contributed by atoms with E-state index in [-0.39, 0.29) is 11.3 Å². The molecule has 0 saturated carbocycles. The zero-order valence-corrected chi connectivity index (χ0v) is 22.4. The van der Waals surface area contributed by atoms with E-state index in [0.29, 0.717) is 0 Å². The van der Waals surface area contributed by atoms with Gasteiger partial charge in [-0.25, -0.2) is 9.97 Å². The average Bonchev–Trinajstić information content (AvgIpc) is 3.61. The number of allylic oxidation sites excluding steroid dienone is 4. The van der Waals surface area contributed by atoms with Gasteiger partial charge in [0.05, 0.1) is 5.69 Å². The first-order valence-corrected chi connectivity index (χ1v) is 14.0. The molecule has 9 rings (SSSR count). The van der Waals surface area contributed by atoms with Crippen LogP contribution in [0.4, 0.5) is 0 Å². The molecule has 0 spiro atoms. The van der Waals surface area contributed by atoms with E-state index in [9.17, 15) is 0 Å². The molecule has 0 bridgehead atoms. The van der Waals surface area contributed by atoms with Crippen molar-refractivity contribution in [1.29, 1.82) is 0 Å². The highest BCUT2D eigenvalue weighted by Crippen LogP contribution is 2.62. The molecule has 3 heteroatoms. The van der Waals surface area contributed by atoms with Crippen molar-refractivity contribution in [2.45, 2.75) is 31.6 Å². The Bertz CT molecular complexity index is 2110. The van der Waals surface area contributed by atoms with Crippen LogP contribution in [0.2, 0.25) is 0 Å². The van der Waals surface area contributed by atoms with Crippen molar-refractivity contribution >= 4 is 38.8 Å². The third-order valence-corrected chi connectivity index (χ3v) is 9.14. The van der Waals surface area contributed by atoms with E-state index in [1.54, 1.807) is 0 Å². The van der Waals surface area contributed by atoms with Gasteiger partial charge >= 0.3 is 0 Å². The fourth-order valence-electron chi connectivity index (χ4n) is 7.42. The quantitative estimate of drug-likeness (QED) is 0.231. The summed E-state index contributed by atoms with van der Waals surface area (Å²) in [6, 6.07) is 34.3. The molecule has 3 aliphatic carbocycles. The molecule has 190 valence electrons. The lowest BCUT2D eigenvalue weighted by Crippen LogP contribution is -2.17. The SMILES string of the molecule is CC1(C)C2=C(C3=CC(c4nc(-c5ccccc5)nc5c4oc4ccccc45)Cc4cccc2c43)c2ccccc21. The van der Waals surface area contributed by atoms with E-state index in [0.717, 1.165) is 45.6 Å². The Balaban J connectivity index is 1.32. The van der Waals surface area contributed by atoms with Gasteiger partial charge < -0.3 is 4.42 Å². The zero-order chi connectivity index (χ0) is 26.6. The predicted molar refractivity (Wildman–Crippen MR) is 162 cm³/mol. The molecule has 0 amide bonds. The van der Waals surface area contributed by atoms with E-state index in [1.165, 1.54) is 44.5 Å². The monoisotopic (exact) mass is 514 g/mol. The molecule has 0 N–H and O–H groups in total. The normalized spacial score (nSPS) is 18.1. The summed E-state index contributed by atoms with van der Waals surface area (Å²) in [5.41, 5.74) is 15.6. The number of fused-ring (bicyclic) bond motifs is 7. The number of para-hydroxylation sites is 1. The highest BCUT2D eigenvalue weighted by molar-refractivity contribution is 6.26. The molecule has 2 aromatic heterocycles. The Morgan fingerprint density at radius 3 is 2.45 bits per heavy atom. The van der Waals surface area contributed by atoms with Crippen molar-refractivity contribution in [1.82, 2.24) is 9.97 Å². The van der Waals surface area contributed by atoms with E-state index in [1.807, 2.05) is 36.4 Å². The summed E-state index contributed by atoms with van der Waals surface area (Å²) < 4.78 is 6.51. The Kier molecular flexibility index (Phi) is 4.24. The van der Waals surface area contributed by atoms with Crippen LogP contribution in [-0.2, 0) is 11.8 Å². The maximum absolute atomic E-state index is 6.51. The van der Waals surface area contributed by atoms with Gasteiger partial charge in [0, 0.05) is 22.3 Å². The van der Waals surface area contributed by atoms with Crippen LogP contribution in [-0.4, -0.2) is 9.97 Å². The second-order valence-electron chi connectivity index (χ2n) is 11.7. The highest BCUT2D eigenvalue weighted by atomic mass is 16.3. The third-order valence-electron chi connectivity index (χ3n) is 9.14. The van der Waals surface area contributed by atoms with E-state index < -0.39 is 0 Å².